The van der Waals surface area contributed by atoms with Gasteiger partial charge >= 0.3 is 12.2 Å². The lowest BCUT2D eigenvalue weighted by Crippen LogP contribution is -2.53. The minimum Gasteiger partial charge on any atom is -0.329 e. The quantitative estimate of drug-likeness (QED) is 0.748. The van der Waals surface area contributed by atoms with Crippen LogP contribution in [0.1, 0.15) is 33.1 Å². The van der Waals surface area contributed by atoms with Gasteiger partial charge in [-0.3, -0.25) is 0 Å². The molecule has 16 heavy (non-hydrogen) atoms. The normalized spacial score (nSPS) is 26.7. The molecule has 0 bridgehead atoms. The highest BCUT2D eigenvalue weighted by Gasteiger charge is 2.32. The van der Waals surface area contributed by atoms with Gasteiger partial charge in [0.25, 0.3) is 0 Å². The van der Waals surface area contributed by atoms with Crippen LogP contribution in [0.3, 0.4) is 0 Å². The summed E-state index contributed by atoms with van der Waals surface area (Å²) in [5, 5.41) is 1.92. The number of amides is 2. The van der Waals surface area contributed by atoms with E-state index in [0.717, 1.165) is 19.3 Å². The third-order valence-corrected chi connectivity index (χ3v) is 2.87. The average molecular weight is 238 g/mol. The van der Waals surface area contributed by atoms with Crippen LogP contribution in [0.4, 0.5) is 18.0 Å². The fourth-order valence-corrected chi connectivity index (χ4v) is 2.09. The zero-order valence-electron chi connectivity index (χ0n) is 9.47. The van der Waals surface area contributed by atoms with Crippen LogP contribution in [0, 0.1) is 0 Å². The number of nitrogens with zero attached hydrogens (tertiary/aromatic N) is 1. The third-order valence-electron chi connectivity index (χ3n) is 2.87. The van der Waals surface area contributed by atoms with Crippen LogP contribution in [0.2, 0.25) is 0 Å². The summed E-state index contributed by atoms with van der Waals surface area (Å²) in [4.78, 5) is 13.1. The van der Waals surface area contributed by atoms with Crippen LogP contribution in [-0.4, -0.2) is 35.7 Å². The molecule has 3 nitrogen and oxygen atoms in total. The van der Waals surface area contributed by atoms with Gasteiger partial charge in [0.15, 0.2) is 0 Å². The van der Waals surface area contributed by atoms with Crippen molar-refractivity contribution in [3.63, 3.8) is 0 Å². The molecule has 6 heteroatoms. The number of rotatable bonds is 1. The summed E-state index contributed by atoms with van der Waals surface area (Å²) in [5.41, 5.74) is 0. The van der Waals surface area contributed by atoms with Gasteiger partial charge < -0.3 is 10.2 Å². The molecule has 1 aliphatic heterocycles. The highest BCUT2D eigenvalue weighted by Crippen LogP contribution is 2.22. The molecule has 0 aromatic heterocycles. The smallest absolute Gasteiger partial charge is 0.329 e. The molecule has 1 aliphatic rings. The van der Waals surface area contributed by atoms with E-state index in [0.29, 0.717) is 0 Å². The van der Waals surface area contributed by atoms with Crippen LogP contribution < -0.4 is 5.32 Å². The first-order valence-corrected chi connectivity index (χ1v) is 5.44. The number of alkyl halides is 3. The molecule has 1 saturated heterocycles. The van der Waals surface area contributed by atoms with Crippen LogP contribution in [0.5, 0.6) is 0 Å². The van der Waals surface area contributed by atoms with Crippen LogP contribution >= 0.6 is 0 Å². The number of nitrogens with one attached hydrogen (secondary N) is 1. The van der Waals surface area contributed by atoms with E-state index in [-0.39, 0.29) is 12.1 Å². The van der Waals surface area contributed by atoms with E-state index >= 15 is 0 Å². The lowest BCUT2D eigenvalue weighted by molar-refractivity contribution is -0.123. The van der Waals surface area contributed by atoms with Crippen LogP contribution in [0.15, 0.2) is 0 Å². The summed E-state index contributed by atoms with van der Waals surface area (Å²) in [6, 6.07) is -0.592. The standard InChI is InChI=1S/C10H17F3N2O/c1-7-4-3-5-8(2)15(7)9(16)14-6-10(11,12)13/h7-8H,3-6H2,1-2H3,(H,14,16)/t7-,8+. The van der Waals surface area contributed by atoms with Crippen molar-refractivity contribution in [3.05, 3.63) is 0 Å². The second kappa shape index (κ2) is 4.93. The summed E-state index contributed by atoms with van der Waals surface area (Å²) < 4.78 is 35.8. The predicted molar refractivity (Wildman–Crippen MR) is 54.1 cm³/mol. The van der Waals surface area contributed by atoms with Crippen molar-refractivity contribution in [3.8, 4) is 0 Å². The minimum absolute atomic E-state index is 0.0111. The summed E-state index contributed by atoms with van der Waals surface area (Å²) in [6.07, 6.45) is -1.63. The van der Waals surface area contributed by atoms with Gasteiger partial charge in [-0.15, -0.1) is 0 Å². The summed E-state index contributed by atoms with van der Waals surface area (Å²) in [6.45, 7) is 2.47. The molecule has 2 atom stereocenters. The van der Waals surface area contributed by atoms with Crippen LogP contribution in [0.25, 0.3) is 0 Å². The van der Waals surface area contributed by atoms with Crippen molar-refractivity contribution in [2.75, 3.05) is 6.54 Å². The molecule has 0 unspecified atom stereocenters. The molecule has 0 aliphatic carbocycles. The van der Waals surface area contributed by atoms with Crippen molar-refractivity contribution in [1.82, 2.24) is 10.2 Å². The van der Waals surface area contributed by atoms with Gasteiger partial charge in [0.05, 0.1) is 0 Å². The Morgan fingerprint density at radius 1 is 1.31 bits per heavy atom. The first-order valence-electron chi connectivity index (χ1n) is 5.44. The van der Waals surface area contributed by atoms with Crippen molar-refractivity contribution in [2.45, 2.75) is 51.4 Å². The van der Waals surface area contributed by atoms with Gasteiger partial charge in [-0.2, -0.15) is 13.2 Å². The number of carbonyl (C=O) groups is 1. The summed E-state index contributed by atoms with van der Waals surface area (Å²) in [5.74, 6) is 0. The molecular formula is C10H17F3N2O. The minimum atomic E-state index is -4.35. The van der Waals surface area contributed by atoms with Gasteiger partial charge in [-0.1, -0.05) is 0 Å². The maximum atomic E-state index is 11.9. The first kappa shape index (κ1) is 13.1. The molecule has 1 heterocycles. The van der Waals surface area contributed by atoms with E-state index < -0.39 is 18.8 Å². The monoisotopic (exact) mass is 238 g/mol. The largest absolute Gasteiger partial charge is 0.405 e. The van der Waals surface area contributed by atoms with Crippen LogP contribution in [-0.2, 0) is 0 Å². The molecule has 94 valence electrons. The molecule has 0 spiro atoms. The van der Waals surface area contributed by atoms with Gasteiger partial charge in [-0.25, -0.2) is 4.79 Å². The van der Waals surface area contributed by atoms with E-state index in [4.69, 9.17) is 0 Å². The highest BCUT2D eigenvalue weighted by atomic mass is 19.4. The number of hydrogen-bond acceptors (Lipinski definition) is 1. The fourth-order valence-electron chi connectivity index (χ4n) is 2.09. The fraction of sp³-hybridized carbons (Fsp3) is 0.900. The van der Waals surface area contributed by atoms with E-state index in [1.54, 1.807) is 0 Å². The first-order chi connectivity index (χ1) is 7.31. The summed E-state index contributed by atoms with van der Waals surface area (Å²) >= 11 is 0. The van der Waals surface area contributed by atoms with E-state index in [1.165, 1.54) is 4.90 Å². The Morgan fingerprint density at radius 3 is 2.25 bits per heavy atom. The molecule has 2 amide bonds. The van der Waals surface area contributed by atoms with Gasteiger partial charge in [0.2, 0.25) is 0 Å². The van der Waals surface area contributed by atoms with Crippen molar-refractivity contribution in [1.29, 1.82) is 0 Å². The molecule has 1 fully saturated rings. The number of likely N-dealkylation sites (tertiary alicyclic amines) is 1. The Labute approximate surface area is 93.0 Å². The summed E-state index contributed by atoms with van der Waals surface area (Å²) in [7, 11) is 0. The Morgan fingerprint density at radius 2 is 1.81 bits per heavy atom. The SMILES string of the molecule is C[C@@H]1CCC[C@H](C)N1C(=O)NCC(F)(F)F. The highest BCUT2D eigenvalue weighted by molar-refractivity contribution is 5.75. The number of piperidine rings is 1. The van der Waals surface area contributed by atoms with Gasteiger partial charge in [0, 0.05) is 12.1 Å². The van der Waals surface area contributed by atoms with Crippen molar-refractivity contribution < 1.29 is 18.0 Å². The maximum absolute atomic E-state index is 11.9. The van der Waals surface area contributed by atoms with E-state index in [9.17, 15) is 18.0 Å². The Bertz CT molecular complexity index is 245. The molecular weight excluding hydrogens is 221 g/mol. The number of carbonyl (C=O) groups excluding carboxylic acids is 1. The second-order valence-corrected chi connectivity index (χ2v) is 4.31. The van der Waals surface area contributed by atoms with E-state index in [1.807, 2.05) is 19.2 Å². The molecule has 1 N–H and O–H groups in total. The van der Waals surface area contributed by atoms with Gasteiger partial charge in [0.1, 0.15) is 6.54 Å². The predicted octanol–water partition coefficient (Wildman–Crippen LogP) is 2.52. The van der Waals surface area contributed by atoms with Gasteiger partial charge in [-0.05, 0) is 33.1 Å². The van der Waals surface area contributed by atoms with Crippen molar-refractivity contribution >= 4 is 6.03 Å². The molecule has 1 rings (SSSR count). The lowest BCUT2D eigenvalue weighted by atomic mass is 9.98. The topological polar surface area (TPSA) is 32.3 Å². The number of hydrogen-bond donors (Lipinski definition) is 1. The zero-order valence-corrected chi connectivity index (χ0v) is 9.47. The number of halogens is 3. The Balaban J connectivity index is 2.51. The number of urea groups is 1. The molecule has 0 aromatic rings. The third kappa shape index (κ3) is 3.57. The average Bonchev–Trinajstić information content (AvgIpc) is 2.13. The maximum Gasteiger partial charge on any atom is 0.405 e. The Kier molecular flexibility index (Phi) is 4.04. The second-order valence-electron chi connectivity index (χ2n) is 4.31. The molecule has 0 radical (unpaired) electrons. The van der Waals surface area contributed by atoms with E-state index in [2.05, 4.69) is 0 Å². The molecule has 0 saturated carbocycles. The zero-order chi connectivity index (χ0) is 12.3. The van der Waals surface area contributed by atoms with Crippen molar-refractivity contribution in [2.24, 2.45) is 0 Å². The lowest BCUT2D eigenvalue weighted by Gasteiger charge is -2.38. The Hall–Kier alpha value is -0.940. The molecule has 0 aromatic carbocycles.